The second-order valence-corrected chi connectivity index (χ2v) is 6.14. The Balaban J connectivity index is 0.00000110. The highest BCUT2D eigenvalue weighted by atomic mass is 35.5. The molecule has 1 aliphatic heterocycles. The van der Waals surface area contributed by atoms with Crippen LogP contribution in [0.2, 0.25) is 0 Å². The molecule has 1 aromatic heterocycles. The highest BCUT2D eigenvalue weighted by Crippen LogP contribution is 2.34. The van der Waals surface area contributed by atoms with E-state index in [1.807, 2.05) is 11.8 Å². The van der Waals surface area contributed by atoms with E-state index in [0.717, 1.165) is 56.4 Å². The molecule has 0 unspecified atom stereocenters. The van der Waals surface area contributed by atoms with Crippen molar-refractivity contribution in [1.29, 1.82) is 0 Å². The van der Waals surface area contributed by atoms with Crippen LogP contribution in [0.4, 0.5) is 5.13 Å². The zero-order chi connectivity index (χ0) is 13.5. The lowest BCUT2D eigenvalue weighted by Crippen LogP contribution is -2.47. The number of hydrogen-bond donors (Lipinski definition) is 1. The quantitative estimate of drug-likeness (QED) is 0.864. The molecule has 120 valence electrons. The number of aromatic nitrogens is 2. The molecule has 1 amide bonds. The number of hydrogen-bond acceptors (Lipinski definition) is 6. The zero-order valence-corrected chi connectivity index (χ0v) is 14.4. The maximum Gasteiger partial charge on any atom is 0.242 e. The number of carbonyl (C=O) groups is 1. The molecular weight excluding hydrogens is 333 g/mol. The molecule has 2 heterocycles. The molecule has 3 rings (SSSR count). The Morgan fingerprint density at radius 1 is 1.24 bits per heavy atom. The van der Waals surface area contributed by atoms with E-state index in [1.54, 1.807) is 0 Å². The third kappa shape index (κ3) is 3.97. The number of anilines is 1. The van der Waals surface area contributed by atoms with E-state index < -0.39 is 5.54 Å². The maximum atomic E-state index is 12.2. The highest BCUT2D eigenvalue weighted by molar-refractivity contribution is 7.09. The van der Waals surface area contributed by atoms with Crippen molar-refractivity contribution in [3.8, 4) is 0 Å². The van der Waals surface area contributed by atoms with Gasteiger partial charge >= 0.3 is 0 Å². The monoisotopic (exact) mass is 353 g/mol. The molecule has 1 aromatic rings. The fourth-order valence-corrected chi connectivity index (χ4v) is 3.12. The summed E-state index contributed by atoms with van der Waals surface area (Å²) in [5, 5.41) is 0.959. The van der Waals surface area contributed by atoms with Crippen molar-refractivity contribution in [2.45, 2.75) is 31.7 Å². The van der Waals surface area contributed by atoms with Crippen LogP contribution < -0.4 is 10.6 Å². The Morgan fingerprint density at radius 2 is 1.95 bits per heavy atom. The van der Waals surface area contributed by atoms with E-state index in [0.29, 0.717) is 0 Å². The van der Waals surface area contributed by atoms with Gasteiger partial charge in [0.15, 0.2) is 0 Å². The fourth-order valence-electron chi connectivity index (χ4n) is 2.39. The molecule has 0 atom stereocenters. The lowest BCUT2D eigenvalue weighted by molar-refractivity contribution is -0.133. The molecule has 2 aliphatic rings. The topological polar surface area (TPSA) is 75.4 Å². The van der Waals surface area contributed by atoms with E-state index in [-0.39, 0.29) is 30.7 Å². The van der Waals surface area contributed by atoms with Crippen LogP contribution in [0.3, 0.4) is 0 Å². The Kier molecular flexibility index (Phi) is 6.22. The van der Waals surface area contributed by atoms with Gasteiger partial charge in [-0.05, 0) is 26.2 Å². The minimum absolute atomic E-state index is 0. The van der Waals surface area contributed by atoms with Gasteiger partial charge in [-0.25, -0.2) is 4.98 Å². The van der Waals surface area contributed by atoms with Crippen LogP contribution in [-0.2, 0) is 4.79 Å². The van der Waals surface area contributed by atoms with Crippen molar-refractivity contribution in [3.05, 3.63) is 5.82 Å². The van der Waals surface area contributed by atoms with Gasteiger partial charge in [0, 0.05) is 37.7 Å². The summed E-state index contributed by atoms with van der Waals surface area (Å²) in [6.45, 7) is 5.17. The van der Waals surface area contributed by atoms with Gasteiger partial charge < -0.3 is 15.5 Å². The van der Waals surface area contributed by atoms with E-state index in [9.17, 15) is 4.79 Å². The summed E-state index contributed by atoms with van der Waals surface area (Å²) in [4.78, 5) is 20.8. The first-order chi connectivity index (χ1) is 9.08. The molecule has 21 heavy (non-hydrogen) atoms. The van der Waals surface area contributed by atoms with Crippen LogP contribution in [0.15, 0.2) is 0 Å². The SMILES string of the molecule is Cc1nsc(N2CCCN(C(=O)C3(N)CC3)CC2)n1.Cl.Cl. The molecule has 9 heteroatoms. The molecule has 2 N–H and O–H groups in total. The van der Waals surface area contributed by atoms with Crippen LogP contribution in [-0.4, -0.2) is 51.9 Å². The molecule has 0 radical (unpaired) electrons. The molecule has 1 aliphatic carbocycles. The van der Waals surface area contributed by atoms with E-state index >= 15 is 0 Å². The number of nitrogens with zero attached hydrogens (tertiary/aromatic N) is 4. The number of nitrogens with two attached hydrogens (primary N) is 1. The lowest BCUT2D eigenvalue weighted by Gasteiger charge is -2.24. The van der Waals surface area contributed by atoms with E-state index in [4.69, 9.17) is 5.73 Å². The second-order valence-electron chi connectivity index (χ2n) is 5.41. The lowest BCUT2D eigenvalue weighted by atomic mass is 10.2. The van der Waals surface area contributed by atoms with Gasteiger partial charge in [-0.3, -0.25) is 4.79 Å². The van der Waals surface area contributed by atoms with Gasteiger partial charge in [0.25, 0.3) is 0 Å². The Bertz CT molecular complexity index is 494. The molecule has 2 fully saturated rings. The normalized spacial score (nSPS) is 20.1. The molecule has 6 nitrogen and oxygen atoms in total. The number of halogens is 2. The summed E-state index contributed by atoms with van der Waals surface area (Å²) in [7, 11) is 0. The van der Waals surface area contributed by atoms with Gasteiger partial charge in [0.2, 0.25) is 11.0 Å². The zero-order valence-electron chi connectivity index (χ0n) is 11.9. The van der Waals surface area contributed by atoms with Gasteiger partial charge in [0.05, 0.1) is 5.54 Å². The molecule has 0 spiro atoms. The van der Waals surface area contributed by atoms with E-state index in [2.05, 4.69) is 14.3 Å². The predicted octanol–water partition coefficient (Wildman–Crippen LogP) is 1.22. The third-order valence-corrected chi connectivity index (χ3v) is 4.65. The molecule has 1 saturated carbocycles. The minimum Gasteiger partial charge on any atom is -0.345 e. The van der Waals surface area contributed by atoms with Gasteiger partial charge in [-0.15, -0.1) is 24.8 Å². The van der Waals surface area contributed by atoms with Crippen molar-refractivity contribution < 1.29 is 4.79 Å². The molecule has 1 saturated heterocycles. The predicted molar refractivity (Wildman–Crippen MR) is 88.7 cm³/mol. The van der Waals surface area contributed by atoms with Crippen molar-refractivity contribution in [2.75, 3.05) is 31.1 Å². The van der Waals surface area contributed by atoms with Crippen molar-refractivity contribution >= 4 is 47.4 Å². The summed E-state index contributed by atoms with van der Waals surface area (Å²) in [5.41, 5.74) is 5.45. The van der Waals surface area contributed by atoms with E-state index in [1.165, 1.54) is 11.5 Å². The second kappa shape index (κ2) is 7.09. The Labute approximate surface area is 141 Å². The van der Waals surface area contributed by atoms with Gasteiger partial charge in [0.1, 0.15) is 5.82 Å². The number of rotatable bonds is 2. The van der Waals surface area contributed by atoms with Crippen molar-refractivity contribution in [3.63, 3.8) is 0 Å². The number of aryl methyl sites for hydroxylation is 1. The molecule has 0 aromatic carbocycles. The maximum absolute atomic E-state index is 12.2. The first-order valence-corrected chi connectivity index (χ1v) is 7.49. The Morgan fingerprint density at radius 3 is 2.52 bits per heavy atom. The van der Waals surface area contributed by atoms with Crippen LogP contribution in [0.1, 0.15) is 25.1 Å². The standard InChI is InChI=1S/C12H19N5OS.2ClH/c1-9-14-11(19-15-9)17-6-2-5-16(7-8-17)10(18)12(13)3-4-12;;/h2-8,13H2,1H3;2*1H. The summed E-state index contributed by atoms with van der Waals surface area (Å²) in [5.74, 6) is 0.943. The summed E-state index contributed by atoms with van der Waals surface area (Å²) in [6.07, 6.45) is 2.63. The smallest absolute Gasteiger partial charge is 0.242 e. The average Bonchev–Trinajstić information content (AvgIpc) is 3.08. The fraction of sp³-hybridized carbons (Fsp3) is 0.750. The summed E-state index contributed by atoms with van der Waals surface area (Å²) in [6, 6.07) is 0. The van der Waals surface area contributed by atoms with Crippen LogP contribution in [0.5, 0.6) is 0 Å². The number of carbonyl (C=O) groups excluding carboxylic acids is 1. The third-order valence-electron chi connectivity index (χ3n) is 3.79. The average molecular weight is 354 g/mol. The largest absolute Gasteiger partial charge is 0.345 e. The van der Waals surface area contributed by atoms with Crippen LogP contribution in [0.25, 0.3) is 0 Å². The first-order valence-electron chi connectivity index (χ1n) is 6.72. The highest BCUT2D eigenvalue weighted by Gasteiger charge is 2.48. The Hall–Kier alpha value is -0.630. The first kappa shape index (κ1) is 18.4. The number of amides is 1. The minimum atomic E-state index is -0.547. The summed E-state index contributed by atoms with van der Waals surface area (Å²) < 4.78 is 4.21. The van der Waals surface area contributed by atoms with Crippen molar-refractivity contribution in [2.24, 2.45) is 5.73 Å². The van der Waals surface area contributed by atoms with Gasteiger partial charge in [-0.1, -0.05) is 0 Å². The molecular formula is C12H21Cl2N5OS. The van der Waals surface area contributed by atoms with Crippen molar-refractivity contribution in [1.82, 2.24) is 14.3 Å². The van der Waals surface area contributed by atoms with Gasteiger partial charge in [-0.2, -0.15) is 4.37 Å². The van der Waals surface area contributed by atoms with Crippen LogP contribution >= 0.6 is 36.3 Å². The summed E-state index contributed by atoms with van der Waals surface area (Å²) >= 11 is 1.43. The molecule has 0 bridgehead atoms. The van der Waals surface area contributed by atoms with Crippen LogP contribution in [0, 0.1) is 6.92 Å².